The van der Waals surface area contributed by atoms with Gasteiger partial charge in [0.2, 0.25) is 0 Å². The maximum atomic E-state index is 12.0. The first-order chi connectivity index (χ1) is 13.4. The van der Waals surface area contributed by atoms with Crippen LogP contribution in [-0.2, 0) is 11.2 Å². The van der Waals surface area contributed by atoms with E-state index in [9.17, 15) is 9.90 Å². The second-order valence-electron chi connectivity index (χ2n) is 8.49. The zero-order chi connectivity index (χ0) is 20.1. The minimum Gasteiger partial charge on any atom is -0.480 e. The number of aliphatic carboxylic acids is 1. The molecule has 0 saturated carbocycles. The van der Waals surface area contributed by atoms with Crippen molar-refractivity contribution in [2.75, 3.05) is 13.1 Å². The van der Waals surface area contributed by atoms with Gasteiger partial charge in [-0.15, -0.1) is 0 Å². The summed E-state index contributed by atoms with van der Waals surface area (Å²) in [5.74, 6) is -0.974. The molecule has 7 heteroatoms. The summed E-state index contributed by atoms with van der Waals surface area (Å²) in [6.45, 7) is 1.76. The number of nitrogens with zero attached hydrogens (tertiary/aromatic N) is 1. The van der Waals surface area contributed by atoms with E-state index in [1.54, 1.807) is 0 Å². The van der Waals surface area contributed by atoms with Crippen molar-refractivity contribution in [1.29, 1.82) is 0 Å². The molecule has 0 amide bonds. The van der Waals surface area contributed by atoms with E-state index < -0.39 is 18.6 Å². The van der Waals surface area contributed by atoms with Crippen molar-refractivity contribution in [2.24, 2.45) is 11.7 Å². The SMILES string of the molecule is NC(CCCCB(O)O)(C(=O)O)C1CCN(C2CCCc3ccccc32)CC1. The highest BCUT2D eigenvalue weighted by Crippen LogP contribution is 2.38. The number of likely N-dealkylation sites (tertiary alicyclic amines) is 1. The topological polar surface area (TPSA) is 107 Å². The van der Waals surface area contributed by atoms with E-state index in [2.05, 4.69) is 29.2 Å². The predicted octanol–water partition coefficient (Wildman–Crippen LogP) is 2.20. The first-order valence-electron chi connectivity index (χ1n) is 10.6. The fourth-order valence-electron chi connectivity index (χ4n) is 5.06. The van der Waals surface area contributed by atoms with Crippen LogP contribution in [0.3, 0.4) is 0 Å². The zero-order valence-corrected chi connectivity index (χ0v) is 16.6. The van der Waals surface area contributed by atoms with Crippen LogP contribution in [0.1, 0.15) is 62.1 Å². The molecule has 0 aromatic heterocycles. The van der Waals surface area contributed by atoms with Gasteiger partial charge < -0.3 is 20.9 Å². The third kappa shape index (κ3) is 4.77. The van der Waals surface area contributed by atoms with Gasteiger partial charge in [0.25, 0.3) is 0 Å². The van der Waals surface area contributed by atoms with Gasteiger partial charge in [0, 0.05) is 6.04 Å². The smallest absolute Gasteiger partial charge is 0.451 e. The number of carboxylic acid groups (broad SMARTS) is 1. The summed E-state index contributed by atoms with van der Waals surface area (Å²) in [6.07, 6.45) is 6.91. The largest absolute Gasteiger partial charge is 0.480 e. The molecule has 1 aliphatic heterocycles. The van der Waals surface area contributed by atoms with Crippen LogP contribution < -0.4 is 5.73 Å². The highest BCUT2D eigenvalue weighted by atomic mass is 16.4. The Labute approximate surface area is 167 Å². The average Bonchev–Trinajstić information content (AvgIpc) is 2.70. The molecule has 2 atom stereocenters. The Morgan fingerprint density at radius 3 is 2.57 bits per heavy atom. The molecule has 1 aromatic carbocycles. The van der Waals surface area contributed by atoms with Crippen LogP contribution in [0.15, 0.2) is 24.3 Å². The monoisotopic (exact) mass is 388 g/mol. The number of hydrogen-bond acceptors (Lipinski definition) is 5. The number of unbranched alkanes of at least 4 members (excludes halogenated alkanes) is 1. The average molecular weight is 388 g/mol. The van der Waals surface area contributed by atoms with Gasteiger partial charge >= 0.3 is 13.1 Å². The number of piperidine rings is 1. The fourth-order valence-corrected chi connectivity index (χ4v) is 5.06. The van der Waals surface area contributed by atoms with Crippen LogP contribution in [0, 0.1) is 5.92 Å². The van der Waals surface area contributed by atoms with E-state index in [1.165, 1.54) is 17.5 Å². The van der Waals surface area contributed by atoms with Crippen molar-refractivity contribution < 1.29 is 19.9 Å². The molecule has 0 radical (unpaired) electrons. The summed E-state index contributed by atoms with van der Waals surface area (Å²) in [4.78, 5) is 14.5. The van der Waals surface area contributed by atoms with E-state index in [0.717, 1.165) is 38.8 Å². The van der Waals surface area contributed by atoms with Gasteiger partial charge in [-0.3, -0.25) is 9.69 Å². The van der Waals surface area contributed by atoms with Crippen molar-refractivity contribution >= 4 is 13.1 Å². The lowest BCUT2D eigenvalue weighted by Gasteiger charge is -2.44. The van der Waals surface area contributed by atoms with Crippen molar-refractivity contribution in [2.45, 2.75) is 69.3 Å². The Morgan fingerprint density at radius 1 is 1.18 bits per heavy atom. The molecule has 0 bridgehead atoms. The number of aryl methyl sites for hydroxylation is 1. The number of hydrogen-bond donors (Lipinski definition) is 4. The van der Waals surface area contributed by atoms with Crippen LogP contribution in [0.25, 0.3) is 0 Å². The summed E-state index contributed by atoms with van der Waals surface area (Å²) in [5, 5.41) is 27.7. The van der Waals surface area contributed by atoms with Gasteiger partial charge in [-0.25, -0.2) is 0 Å². The van der Waals surface area contributed by atoms with Crippen LogP contribution in [0.4, 0.5) is 0 Å². The standard InChI is InChI=1S/C21H33BN2O4/c23-21(20(25)26,12-3-4-13-22(27)28)17-10-14-24(15-11-17)19-9-5-7-16-6-1-2-8-18(16)19/h1-2,6,8,17,19,27-28H,3-5,7,9-15,23H2,(H,25,26). The molecule has 2 unspecified atom stereocenters. The highest BCUT2D eigenvalue weighted by molar-refractivity contribution is 6.40. The molecule has 154 valence electrons. The van der Waals surface area contributed by atoms with Crippen molar-refractivity contribution in [3.05, 3.63) is 35.4 Å². The molecule has 1 heterocycles. The number of benzene rings is 1. The molecule has 1 fully saturated rings. The van der Waals surface area contributed by atoms with Crippen LogP contribution in [-0.4, -0.2) is 51.8 Å². The van der Waals surface area contributed by atoms with Gasteiger partial charge in [-0.05, 0) is 75.0 Å². The van der Waals surface area contributed by atoms with Gasteiger partial charge in [0.15, 0.2) is 0 Å². The van der Waals surface area contributed by atoms with Gasteiger partial charge in [0.05, 0.1) is 0 Å². The number of carboxylic acids is 1. The molecular formula is C21H33BN2O4. The third-order valence-electron chi connectivity index (χ3n) is 6.74. The second kappa shape index (κ2) is 9.40. The minimum atomic E-state index is -1.33. The zero-order valence-electron chi connectivity index (χ0n) is 16.6. The van der Waals surface area contributed by atoms with E-state index in [-0.39, 0.29) is 12.2 Å². The third-order valence-corrected chi connectivity index (χ3v) is 6.74. The van der Waals surface area contributed by atoms with Crippen LogP contribution in [0.5, 0.6) is 0 Å². The molecule has 3 rings (SSSR count). The summed E-state index contributed by atoms with van der Waals surface area (Å²) in [7, 11) is -1.33. The quantitative estimate of drug-likeness (QED) is 0.402. The lowest BCUT2D eigenvalue weighted by Crippen LogP contribution is -2.57. The molecule has 28 heavy (non-hydrogen) atoms. The van der Waals surface area contributed by atoms with Gasteiger partial charge in [0.1, 0.15) is 5.54 Å². The van der Waals surface area contributed by atoms with E-state index >= 15 is 0 Å². The Balaban J connectivity index is 1.59. The molecule has 0 spiro atoms. The predicted molar refractivity (Wildman–Crippen MR) is 110 cm³/mol. The maximum absolute atomic E-state index is 12.0. The lowest BCUT2D eigenvalue weighted by molar-refractivity contribution is -0.147. The Hall–Kier alpha value is -1.41. The van der Waals surface area contributed by atoms with Crippen molar-refractivity contribution in [3.8, 4) is 0 Å². The Bertz CT molecular complexity index is 664. The Morgan fingerprint density at radius 2 is 1.89 bits per heavy atom. The number of nitrogens with two attached hydrogens (primary N) is 1. The number of rotatable bonds is 8. The molecule has 6 nitrogen and oxygen atoms in total. The first kappa shape index (κ1) is 21.3. The molecule has 1 aromatic rings. The summed E-state index contributed by atoms with van der Waals surface area (Å²) in [6, 6.07) is 9.13. The summed E-state index contributed by atoms with van der Waals surface area (Å²) in [5.41, 5.74) is 8.05. The minimum absolute atomic E-state index is 0.0425. The van der Waals surface area contributed by atoms with Crippen LogP contribution >= 0.6 is 0 Å². The van der Waals surface area contributed by atoms with E-state index in [1.807, 2.05) is 0 Å². The molecule has 1 aliphatic carbocycles. The summed E-state index contributed by atoms with van der Waals surface area (Å²) < 4.78 is 0. The lowest BCUT2D eigenvalue weighted by atomic mass is 9.73. The molecule has 1 saturated heterocycles. The first-order valence-corrected chi connectivity index (χ1v) is 10.6. The molecule has 2 aliphatic rings. The molecule has 5 N–H and O–H groups in total. The van der Waals surface area contributed by atoms with E-state index in [0.29, 0.717) is 25.3 Å². The number of fused-ring (bicyclic) bond motifs is 1. The second-order valence-corrected chi connectivity index (χ2v) is 8.49. The maximum Gasteiger partial charge on any atom is 0.451 e. The Kier molecular flexibility index (Phi) is 7.15. The van der Waals surface area contributed by atoms with Crippen molar-refractivity contribution in [3.63, 3.8) is 0 Å². The van der Waals surface area contributed by atoms with Gasteiger partial charge in [-0.2, -0.15) is 0 Å². The normalized spacial score (nSPS) is 23.0. The molecular weight excluding hydrogens is 355 g/mol. The number of carbonyl (C=O) groups is 1. The highest BCUT2D eigenvalue weighted by Gasteiger charge is 2.43. The fraction of sp³-hybridized carbons (Fsp3) is 0.667. The van der Waals surface area contributed by atoms with E-state index in [4.69, 9.17) is 15.8 Å². The summed E-state index contributed by atoms with van der Waals surface area (Å²) >= 11 is 0. The van der Waals surface area contributed by atoms with Gasteiger partial charge in [-0.1, -0.05) is 37.1 Å². The van der Waals surface area contributed by atoms with Crippen molar-refractivity contribution in [1.82, 2.24) is 4.90 Å². The van der Waals surface area contributed by atoms with Crippen LogP contribution in [0.2, 0.25) is 6.32 Å².